The van der Waals surface area contributed by atoms with Crippen LogP contribution in [0.1, 0.15) is 35.6 Å². The number of aliphatic hydroxyl groups is 1. The summed E-state index contributed by atoms with van der Waals surface area (Å²) < 4.78 is 5.67. The van der Waals surface area contributed by atoms with Crippen LogP contribution >= 0.6 is 0 Å². The Kier molecular flexibility index (Phi) is 5.11. The lowest BCUT2D eigenvalue weighted by molar-refractivity contribution is -0.140. The van der Waals surface area contributed by atoms with Crippen molar-refractivity contribution in [3.8, 4) is 5.75 Å². The number of ether oxygens (including phenoxy) is 1. The van der Waals surface area contributed by atoms with Gasteiger partial charge >= 0.3 is 0 Å². The molecule has 150 valence electrons. The van der Waals surface area contributed by atoms with Crippen molar-refractivity contribution in [3.05, 3.63) is 70.8 Å². The van der Waals surface area contributed by atoms with Gasteiger partial charge in [-0.05, 0) is 37.5 Å². The molecular formula is C23H23NO5. The summed E-state index contributed by atoms with van der Waals surface area (Å²) >= 11 is 0. The number of aliphatic hydroxyl groups excluding tert-OH is 1. The highest BCUT2D eigenvalue weighted by molar-refractivity contribution is 6.46. The fourth-order valence-corrected chi connectivity index (χ4v) is 3.95. The Balaban J connectivity index is 1.81. The van der Waals surface area contributed by atoms with E-state index in [2.05, 4.69) is 0 Å². The van der Waals surface area contributed by atoms with E-state index in [1.54, 1.807) is 24.3 Å². The van der Waals surface area contributed by atoms with Gasteiger partial charge in [-0.15, -0.1) is 0 Å². The van der Waals surface area contributed by atoms with Gasteiger partial charge in [-0.3, -0.25) is 9.59 Å². The van der Waals surface area contributed by atoms with Gasteiger partial charge in [-0.2, -0.15) is 0 Å². The van der Waals surface area contributed by atoms with Crippen molar-refractivity contribution < 1.29 is 24.5 Å². The van der Waals surface area contributed by atoms with E-state index in [-0.39, 0.29) is 29.7 Å². The lowest BCUT2D eigenvalue weighted by Crippen LogP contribution is -2.36. The van der Waals surface area contributed by atoms with Crippen LogP contribution in [0, 0.1) is 6.92 Å². The lowest BCUT2D eigenvalue weighted by Gasteiger charge is -2.27. The van der Waals surface area contributed by atoms with Crippen molar-refractivity contribution in [1.29, 1.82) is 0 Å². The van der Waals surface area contributed by atoms with E-state index in [9.17, 15) is 19.8 Å². The molecule has 1 amide bonds. The van der Waals surface area contributed by atoms with Gasteiger partial charge in [0.25, 0.3) is 11.7 Å². The van der Waals surface area contributed by atoms with Crippen LogP contribution in [0.4, 0.5) is 0 Å². The summed E-state index contributed by atoms with van der Waals surface area (Å²) in [6, 6.07) is 12.7. The van der Waals surface area contributed by atoms with E-state index in [0.717, 1.165) is 18.4 Å². The summed E-state index contributed by atoms with van der Waals surface area (Å²) in [5.74, 6) is -1.47. The van der Waals surface area contributed by atoms with Gasteiger partial charge in [0, 0.05) is 18.7 Å². The van der Waals surface area contributed by atoms with E-state index in [1.807, 2.05) is 19.1 Å². The Morgan fingerprint density at radius 2 is 1.79 bits per heavy atom. The second kappa shape index (κ2) is 7.72. The van der Waals surface area contributed by atoms with Crippen LogP contribution in [-0.2, 0) is 14.3 Å². The molecule has 2 aromatic rings. The van der Waals surface area contributed by atoms with E-state index in [4.69, 9.17) is 4.74 Å². The summed E-state index contributed by atoms with van der Waals surface area (Å²) in [5, 5.41) is 20.6. The summed E-state index contributed by atoms with van der Waals surface area (Å²) in [6.45, 7) is 2.85. The van der Waals surface area contributed by atoms with E-state index in [1.165, 1.54) is 17.0 Å². The number of benzene rings is 2. The molecule has 2 heterocycles. The zero-order valence-corrected chi connectivity index (χ0v) is 16.2. The Morgan fingerprint density at radius 1 is 1.10 bits per heavy atom. The quantitative estimate of drug-likeness (QED) is 0.473. The number of aromatic hydroxyl groups is 1. The van der Waals surface area contributed by atoms with Gasteiger partial charge in [0.2, 0.25) is 0 Å². The molecule has 29 heavy (non-hydrogen) atoms. The smallest absolute Gasteiger partial charge is 0.295 e. The van der Waals surface area contributed by atoms with Crippen LogP contribution in [0.2, 0.25) is 0 Å². The van der Waals surface area contributed by atoms with E-state index < -0.39 is 17.7 Å². The van der Waals surface area contributed by atoms with Crippen LogP contribution < -0.4 is 0 Å². The maximum Gasteiger partial charge on any atom is 0.295 e. The van der Waals surface area contributed by atoms with Crippen molar-refractivity contribution in [2.24, 2.45) is 0 Å². The Morgan fingerprint density at radius 3 is 2.41 bits per heavy atom. The van der Waals surface area contributed by atoms with Gasteiger partial charge in [0.05, 0.1) is 17.7 Å². The molecule has 6 heteroatoms. The number of carbonyl (C=O) groups is 2. The Hall–Kier alpha value is -3.12. The molecular weight excluding hydrogens is 370 g/mol. The average Bonchev–Trinajstić information content (AvgIpc) is 3.31. The minimum Gasteiger partial charge on any atom is -0.508 e. The second-order valence-electron chi connectivity index (χ2n) is 7.54. The molecule has 2 N–H and O–H groups in total. The maximum atomic E-state index is 12.9. The molecule has 2 aliphatic rings. The monoisotopic (exact) mass is 393 g/mol. The van der Waals surface area contributed by atoms with Crippen molar-refractivity contribution in [2.45, 2.75) is 31.9 Å². The highest BCUT2D eigenvalue weighted by atomic mass is 16.5. The number of amides is 1. The standard InChI is InChI=1S/C23H23NO5/c1-14-4-6-16(7-5-14)21(26)19-20(15-8-10-17(25)11-9-15)24(23(28)22(19)27)13-18-3-2-12-29-18/h4-11,18,20,25-26H,2-3,12-13H2,1H3/t18-,20+/m1/s1. The first-order valence-corrected chi connectivity index (χ1v) is 9.71. The molecule has 0 saturated carbocycles. The van der Waals surface area contributed by atoms with Crippen LogP contribution in [0.5, 0.6) is 5.75 Å². The number of hydrogen-bond acceptors (Lipinski definition) is 5. The van der Waals surface area contributed by atoms with Crippen molar-refractivity contribution in [3.63, 3.8) is 0 Å². The first-order chi connectivity index (χ1) is 14.0. The van der Waals surface area contributed by atoms with E-state index in [0.29, 0.717) is 17.7 Å². The molecule has 2 saturated heterocycles. The summed E-state index contributed by atoms with van der Waals surface area (Å²) in [6.07, 6.45) is 1.61. The third kappa shape index (κ3) is 3.63. The van der Waals surface area contributed by atoms with Gasteiger partial charge in [0.15, 0.2) is 0 Å². The molecule has 0 unspecified atom stereocenters. The highest BCUT2D eigenvalue weighted by Crippen LogP contribution is 2.40. The highest BCUT2D eigenvalue weighted by Gasteiger charge is 2.47. The topological polar surface area (TPSA) is 87.1 Å². The third-order valence-corrected chi connectivity index (χ3v) is 5.50. The molecule has 0 aliphatic carbocycles. The predicted molar refractivity (Wildman–Crippen MR) is 107 cm³/mol. The summed E-state index contributed by atoms with van der Waals surface area (Å²) in [4.78, 5) is 27.3. The molecule has 2 aliphatic heterocycles. The van der Waals surface area contributed by atoms with Crippen molar-refractivity contribution in [1.82, 2.24) is 4.90 Å². The van der Waals surface area contributed by atoms with Gasteiger partial charge in [-0.25, -0.2) is 0 Å². The normalized spacial score (nSPS) is 23.7. The van der Waals surface area contributed by atoms with Crippen molar-refractivity contribution >= 4 is 17.4 Å². The Labute approximate surface area is 169 Å². The molecule has 4 rings (SSSR count). The zero-order valence-electron chi connectivity index (χ0n) is 16.2. The molecule has 6 nitrogen and oxygen atoms in total. The first-order valence-electron chi connectivity index (χ1n) is 9.71. The molecule has 0 spiro atoms. The van der Waals surface area contributed by atoms with Gasteiger partial charge < -0.3 is 19.8 Å². The predicted octanol–water partition coefficient (Wildman–Crippen LogP) is 3.30. The molecule has 0 radical (unpaired) electrons. The molecule has 0 aromatic heterocycles. The fraction of sp³-hybridized carbons (Fsp3) is 0.304. The van der Waals surface area contributed by atoms with Gasteiger partial charge in [-0.1, -0.05) is 42.0 Å². The molecule has 2 aromatic carbocycles. The number of phenolic OH excluding ortho intramolecular Hbond substituents is 1. The minimum atomic E-state index is -0.735. The number of nitrogens with zero attached hydrogens (tertiary/aromatic N) is 1. The molecule has 2 atom stereocenters. The van der Waals surface area contributed by atoms with Crippen LogP contribution in [0.15, 0.2) is 54.1 Å². The van der Waals surface area contributed by atoms with Crippen LogP contribution in [0.3, 0.4) is 0 Å². The third-order valence-electron chi connectivity index (χ3n) is 5.50. The van der Waals surface area contributed by atoms with Gasteiger partial charge in [0.1, 0.15) is 11.5 Å². The lowest BCUT2D eigenvalue weighted by atomic mass is 9.95. The molecule has 0 bridgehead atoms. The number of carbonyl (C=O) groups excluding carboxylic acids is 2. The number of aryl methyl sites for hydroxylation is 1. The summed E-state index contributed by atoms with van der Waals surface area (Å²) in [5.41, 5.74) is 2.21. The first kappa shape index (κ1) is 19.2. The van der Waals surface area contributed by atoms with Crippen LogP contribution in [-0.4, -0.2) is 46.1 Å². The average molecular weight is 393 g/mol. The zero-order chi connectivity index (χ0) is 20.5. The SMILES string of the molecule is Cc1ccc(C(O)=C2C(=O)C(=O)N(C[C@H]3CCCO3)[C@H]2c2ccc(O)cc2)cc1. The van der Waals surface area contributed by atoms with Crippen LogP contribution in [0.25, 0.3) is 5.76 Å². The minimum absolute atomic E-state index is 0.0579. The summed E-state index contributed by atoms with van der Waals surface area (Å²) in [7, 11) is 0. The second-order valence-corrected chi connectivity index (χ2v) is 7.54. The maximum absolute atomic E-state index is 12.9. The number of Topliss-reactive ketones (excluding diaryl/α,β-unsaturated/α-hetero) is 1. The van der Waals surface area contributed by atoms with Crippen molar-refractivity contribution in [2.75, 3.05) is 13.2 Å². The largest absolute Gasteiger partial charge is 0.508 e. The number of hydrogen-bond donors (Lipinski definition) is 2. The number of phenols is 1. The number of rotatable bonds is 4. The number of ketones is 1. The fourth-order valence-electron chi connectivity index (χ4n) is 3.95. The number of likely N-dealkylation sites (tertiary alicyclic amines) is 1. The molecule has 2 fully saturated rings. The Bertz CT molecular complexity index is 956. The van der Waals surface area contributed by atoms with E-state index >= 15 is 0 Å².